The second-order valence-corrected chi connectivity index (χ2v) is 11.1. The molecule has 0 unspecified atom stereocenters. The van der Waals surface area contributed by atoms with Crippen LogP contribution in [0.15, 0.2) is 161 Å². The van der Waals surface area contributed by atoms with Gasteiger partial charge in [0.15, 0.2) is 11.2 Å². The van der Waals surface area contributed by atoms with Crippen molar-refractivity contribution in [1.29, 1.82) is 0 Å². The summed E-state index contributed by atoms with van der Waals surface area (Å²) in [4.78, 5) is 11.8. The van der Waals surface area contributed by atoms with Crippen molar-refractivity contribution >= 4 is 60.9 Å². The highest BCUT2D eigenvalue weighted by atomic mass is 16.3. The molecule has 0 amide bonds. The minimum atomic E-state index is 0.786. The molecule has 0 fully saturated rings. The van der Waals surface area contributed by atoms with Gasteiger partial charge >= 0.3 is 0 Å². The van der Waals surface area contributed by atoms with Gasteiger partial charge < -0.3 is 13.7 Å². The minimum absolute atomic E-state index is 0.786. The maximum atomic E-state index is 6.03. The summed E-state index contributed by atoms with van der Waals surface area (Å²) in [5.74, 6) is 0. The molecule has 0 radical (unpaired) electrons. The van der Waals surface area contributed by atoms with Crippen LogP contribution in [0.4, 0.5) is 17.1 Å². The summed E-state index contributed by atoms with van der Waals surface area (Å²) in [5, 5.41) is 4.29. The maximum absolute atomic E-state index is 6.03. The summed E-state index contributed by atoms with van der Waals surface area (Å²) in [6.07, 6.45) is 3.64. The Kier molecular flexibility index (Phi) is 5.74. The SMILES string of the molecule is c1ccc(N(c2cccc(-c3cc4c(cn3)oc3ccccc34)c2)c2cccc(-c3cc4c(cn3)oc3ccccc34)c2)cc1. The second-order valence-electron chi connectivity index (χ2n) is 11.1. The fraction of sp³-hybridized carbons (Fsp3) is 0. The molecule has 9 aromatic rings. The predicted molar refractivity (Wildman–Crippen MR) is 182 cm³/mol. The first-order valence-corrected chi connectivity index (χ1v) is 14.9. The van der Waals surface area contributed by atoms with Crippen molar-refractivity contribution in [3.05, 3.63) is 152 Å². The molecule has 0 atom stereocenters. The van der Waals surface area contributed by atoms with Gasteiger partial charge in [0, 0.05) is 49.7 Å². The van der Waals surface area contributed by atoms with Gasteiger partial charge in [-0.2, -0.15) is 0 Å². The quantitative estimate of drug-likeness (QED) is 0.203. The van der Waals surface area contributed by atoms with Gasteiger partial charge in [0.2, 0.25) is 0 Å². The number of furan rings is 2. The van der Waals surface area contributed by atoms with Crippen LogP contribution in [-0.2, 0) is 0 Å². The molecule has 0 aliphatic carbocycles. The normalized spacial score (nSPS) is 11.6. The zero-order valence-corrected chi connectivity index (χ0v) is 24.1. The summed E-state index contributed by atoms with van der Waals surface area (Å²) in [5.41, 5.74) is 10.2. The van der Waals surface area contributed by atoms with E-state index < -0.39 is 0 Å². The Morgan fingerprint density at radius 1 is 0.378 bits per heavy atom. The zero-order chi connectivity index (χ0) is 29.7. The number of fused-ring (bicyclic) bond motifs is 6. The highest BCUT2D eigenvalue weighted by Gasteiger charge is 2.16. The Bertz CT molecular complexity index is 2350. The van der Waals surface area contributed by atoms with Crippen molar-refractivity contribution in [2.24, 2.45) is 0 Å². The van der Waals surface area contributed by atoms with Gasteiger partial charge in [0.25, 0.3) is 0 Å². The van der Waals surface area contributed by atoms with Crippen LogP contribution in [0.5, 0.6) is 0 Å². The summed E-state index contributed by atoms with van der Waals surface area (Å²) in [6, 6.07) is 47.9. The first-order chi connectivity index (χ1) is 22.3. The topological polar surface area (TPSA) is 55.3 Å². The number of anilines is 3. The highest BCUT2D eigenvalue weighted by Crippen LogP contribution is 2.39. The van der Waals surface area contributed by atoms with Crippen molar-refractivity contribution < 1.29 is 8.83 Å². The molecule has 0 N–H and O–H groups in total. The maximum Gasteiger partial charge on any atom is 0.153 e. The van der Waals surface area contributed by atoms with E-state index in [9.17, 15) is 0 Å². The van der Waals surface area contributed by atoms with E-state index in [1.54, 1.807) is 0 Å². The third-order valence-electron chi connectivity index (χ3n) is 8.34. The molecule has 0 bridgehead atoms. The van der Waals surface area contributed by atoms with E-state index in [1.165, 1.54) is 0 Å². The molecule has 4 aromatic heterocycles. The number of rotatable bonds is 5. The number of aromatic nitrogens is 2. The smallest absolute Gasteiger partial charge is 0.153 e. The average molecular weight is 580 g/mol. The Morgan fingerprint density at radius 2 is 0.844 bits per heavy atom. The van der Waals surface area contributed by atoms with Crippen LogP contribution < -0.4 is 4.90 Å². The van der Waals surface area contributed by atoms with Crippen LogP contribution in [-0.4, -0.2) is 9.97 Å². The first-order valence-electron chi connectivity index (χ1n) is 14.9. The van der Waals surface area contributed by atoms with Gasteiger partial charge in [-0.1, -0.05) is 78.9 Å². The number of benzene rings is 5. The van der Waals surface area contributed by atoms with E-state index in [2.05, 4.69) is 102 Å². The molecule has 9 rings (SSSR count). The molecule has 5 aromatic carbocycles. The fourth-order valence-electron chi connectivity index (χ4n) is 6.21. The summed E-state index contributed by atoms with van der Waals surface area (Å²) >= 11 is 0. The lowest BCUT2D eigenvalue weighted by Crippen LogP contribution is -2.10. The van der Waals surface area contributed by atoms with Crippen molar-refractivity contribution in [3.63, 3.8) is 0 Å². The van der Waals surface area contributed by atoms with E-state index in [1.807, 2.05) is 54.9 Å². The van der Waals surface area contributed by atoms with E-state index in [4.69, 9.17) is 18.8 Å². The Labute approximate surface area is 258 Å². The third kappa shape index (κ3) is 4.33. The molecule has 5 nitrogen and oxygen atoms in total. The van der Waals surface area contributed by atoms with Crippen molar-refractivity contribution in [3.8, 4) is 22.5 Å². The molecule has 45 heavy (non-hydrogen) atoms. The van der Waals surface area contributed by atoms with Crippen LogP contribution in [0.25, 0.3) is 66.4 Å². The number of para-hydroxylation sites is 3. The lowest BCUT2D eigenvalue weighted by Gasteiger charge is -2.26. The van der Waals surface area contributed by atoms with Crippen LogP contribution >= 0.6 is 0 Å². The lowest BCUT2D eigenvalue weighted by atomic mass is 10.0. The van der Waals surface area contributed by atoms with Gasteiger partial charge in [-0.25, -0.2) is 0 Å². The minimum Gasteiger partial charge on any atom is -0.454 e. The van der Waals surface area contributed by atoms with Crippen molar-refractivity contribution in [2.45, 2.75) is 0 Å². The van der Waals surface area contributed by atoms with Gasteiger partial charge in [-0.15, -0.1) is 0 Å². The van der Waals surface area contributed by atoms with Gasteiger partial charge in [0.05, 0.1) is 23.8 Å². The van der Waals surface area contributed by atoms with Crippen molar-refractivity contribution in [2.75, 3.05) is 4.90 Å². The van der Waals surface area contributed by atoms with E-state index in [0.29, 0.717) is 0 Å². The molecule has 4 heterocycles. The average Bonchev–Trinajstić information content (AvgIpc) is 3.67. The first kappa shape index (κ1) is 25.3. The highest BCUT2D eigenvalue weighted by molar-refractivity contribution is 6.06. The number of nitrogens with zero attached hydrogens (tertiary/aromatic N) is 3. The monoisotopic (exact) mass is 579 g/mol. The standard InChI is InChI=1S/C40H25N3O2/c1-2-12-28(13-3-1)43(29-14-8-10-26(20-29)35-22-33-31-16-4-6-18-37(31)44-39(33)24-41-35)30-15-9-11-27(21-30)36-23-34-32-17-5-7-19-38(32)45-40(34)25-42-36/h1-25H. The summed E-state index contributed by atoms with van der Waals surface area (Å²) in [7, 11) is 0. The molecule has 0 spiro atoms. The van der Waals surface area contributed by atoms with Crippen LogP contribution in [0.1, 0.15) is 0 Å². The molecule has 212 valence electrons. The molecule has 0 aliphatic heterocycles. The Balaban J connectivity index is 1.16. The molecular weight excluding hydrogens is 554 g/mol. The second kappa shape index (κ2) is 10.2. The van der Waals surface area contributed by atoms with Crippen LogP contribution in [0.2, 0.25) is 0 Å². The van der Waals surface area contributed by atoms with Crippen LogP contribution in [0, 0.1) is 0 Å². The molecule has 0 saturated carbocycles. The van der Waals surface area contributed by atoms with Gasteiger partial charge in [-0.3, -0.25) is 9.97 Å². The van der Waals surface area contributed by atoms with Gasteiger partial charge in [0.1, 0.15) is 11.2 Å². The Hall–Kier alpha value is -6.20. The Morgan fingerprint density at radius 3 is 1.38 bits per heavy atom. The number of hydrogen-bond donors (Lipinski definition) is 0. The van der Waals surface area contributed by atoms with E-state index in [0.717, 1.165) is 83.5 Å². The number of hydrogen-bond acceptors (Lipinski definition) is 5. The number of pyridine rings is 2. The van der Waals surface area contributed by atoms with Crippen LogP contribution in [0.3, 0.4) is 0 Å². The van der Waals surface area contributed by atoms with E-state index >= 15 is 0 Å². The van der Waals surface area contributed by atoms with E-state index in [-0.39, 0.29) is 0 Å². The summed E-state index contributed by atoms with van der Waals surface area (Å²) in [6.45, 7) is 0. The lowest BCUT2D eigenvalue weighted by molar-refractivity contribution is 0.666. The summed E-state index contributed by atoms with van der Waals surface area (Å²) < 4.78 is 12.1. The molecule has 0 aliphatic rings. The fourth-order valence-corrected chi connectivity index (χ4v) is 6.21. The molecule has 0 saturated heterocycles. The molecular formula is C40H25N3O2. The predicted octanol–water partition coefficient (Wildman–Crippen LogP) is 11.1. The van der Waals surface area contributed by atoms with Gasteiger partial charge in [-0.05, 0) is 60.7 Å². The largest absolute Gasteiger partial charge is 0.454 e. The third-order valence-corrected chi connectivity index (χ3v) is 8.34. The van der Waals surface area contributed by atoms with Crippen molar-refractivity contribution in [1.82, 2.24) is 9.97 Å². The zero-order valence-electron chi connectivity index (χ0n) is 24.1. The molecule has 5 heteroatoms.